The van der Waals surface area contributed by atoms with Gasteiger partial charge in [-0.3, -0.25) is 0 Å². The molecule has 1 N–H and O–H groups in total. The Kier molecular flexibility index (Phi) is 9.63. The van der Waals surface area contributed by atoms with Crippen LogP contribution in [0.15, 0.2) is 109 Å². The first-order chi connectivity index (χ1) is 20.1. The molecule has 0 saturated carbocycles. The summed E-state index contributed by atoms with van der Waals surface area (Å²) in [6.07, 6.45) is 2.73. The van der Waals surface area contributed by atoms with Crippen molar-refractivity contribution in [2.75, 3.05) is 26.2 Å². The summed E-state index contributed by atoms with van der Waals surface area (Å²) >= 11 is 0. The minimum atomic E-state index is -0.512. The molecule has 5 nitrogen and oxygen atoms in total. The molecule has 1 aliphatic rings. The number of likely N-dealkylation sites (tertiary alicyclic amines) is 1. The summed E-state index contributed by atoms with van der Waals surface area (Å²) in [5.41, 5.74) is 6.09. The topological polar surface area (TPSA) is 59.0 Å². The number of nitrogens with zero attached hydrogens (tertiary/aromatic N) is 1. The SMILES string of the molecule is CCC(=C(c1ccc(OCC(O)CN2CCCC2)cc1)c1ccc(OC(=O)c2ccccc2)cc1)c1ccccc1. The van der Waals surface area contributed by atoms with Gasteiger partial charge in [0.05, 0.1) is 5.56 Å². The summed E-state index contributed by atoms with van der Waals surface area (Å²) in [6, 6.07) is 35.1. The lowest BCUT2D eigenvalue weighted by Gasteiger charge is -2.20. The van der Waals surface area contributed by atoms with Gasteiger partial charge in [0.15, 0.2) is 0 Å². The molecule has 0 amide bonds. The highest BCUT2D eigenvalue weighted by atomic mass is 16.5. The molecule has 0 radical (unpaired) electrons. The minimum Gasteiger partial charge on any atom is -0.491 e. The average molecular weight is 548 g/mol. The first kappa shape index (κ1) is 28.3. The molecule has 1 fully saturated rings. The van der Waals surface area contributed by atoms with Crippen molar-refractivity contribution in [2.24, 2.45) is 0 Å². The molecule has 5 rings (SSSR count). The molecule has 4 aromatic carbocycles. The number of allylic oxidation sites excluding steroid dienone is 1. The molecule has 1 unspecified atom stereocenters. The van der Waals surface area contributed by atoms with Crippen molar-refractivity contribution in [3.8, 4) is 11.5 Å². The summed E-state index contributed by atoms with van der Waals surface area (Å²) < 4.78 is 11.6. The second-order valence-corrected chi connectivity index (χ2v) is 10.3. The Labute approximate surface area is 242 Å². The lowest BCUT2D eigenvalue weighted by atomic mass is 9.88. The Morgan fingerprint density at radius 3 is 1.83 bits per heavy atom. The molecular formula is C36H37NO4. The fourth-order valence-electron chi connectivity index (χ4n) is 5.34. The van der Waals surface area contributed by atoms with Crippen LogP contribution in [0.3, 0.4) is 0 Å². The number of aliphatic hydroxyl groups excluding tert-OH is 1. The van der Waals surface area contributed by atoms with Gasteiger partial charge in [-0.1, -0.05) is 79.7 Å². The van der Waals surface area contributed by atoms with Crippen molar-refractivity contribution < 1.29 is 19.4 Å². The van der Waals surface area contributed by atoms with E-state index in [1.54, 1.807) is 12.1 Å². The van der Waals surface area contributed by atoms with Crippen molar-refractivity contribution in [1.29, 1.82) is 0 Å². The first-order valence-electron chi connectivity index (χ1n) is 14.4. The predicted octanol–water partition coefficient (Wildman–Crippen LogP) is 7.11. The Morgan fingerprint density at radius 1 is 0.732 bits per heavy atom. The maximum absolute atomic E-state index is 12.5. The number of rotatable bonds is 11. The summed E-state index contributed by atoms with van der Waals surface area (Å²) in [4.78, 5) is 14.8. The number of hydrogen-bond donors (Lipinski definition) is 1. The van der Waals surface area contributed by atoms with Crippen LogP contribution in [0.4, 0.5) is 0 Å². The van der Waals surface area contributed by atoms with Crippen LogP contribution in [0.1, 0.15) is 53.2 Å². The van der Waals surface area contributed by atoms with Gasteiger partial charge < -0.3 is 19.5 Å². The van der Waals surface area contributed by atoms with E-state index in [9.17, 15) is 9.90 Å². The normalized spacial score (nSPS) is 14.8. The second kappa shape index (κ2) is 13.9. The van der Waals surface area contributed by atoms with Crippen LogP contribution in [0.2, 0.25) is 0 Å². The Morgan fingerprint density at radius 2 is 1.27 bits per heavy atom. The van der Waals surface area contributed by atoms with Crippen molar-refractivity contribution >= 4 is 17.1 Å². The molecular weight excluding hydrogens is 510 g/mol. The highest BCUT2D eigenvalue weighted by Crippen LogP contribution is 2.35. The van der Waals surface area contributed by atoms with Gasteiger partial charge in [0.1, 0.15) is 24.2 Å². The maximum atomic E-state index is 12.5. The molecule has 1 aliphatic heterocycles. The van der Waals surface area contributed by atoms with E-state index in [0.29, 0.717) is 17.9 Å². The zero-order valence-corrected chi connectivity index (χ0v) is 23.5. The quantitative estimate of drug-likeness (QED) is 0.123. The number of hydrogen-bond acceptors (Lipinski definition) is 5. The highest BCUT2D eigenvalue weighted by Gasteiger charge is 2.17. The summed E-state index contributed by atoms with van der Waals surface area (Å²) in [6.45, 7) is 5.19. The van der Waals surface area contributed by atoms with Crippen molar-refractivity contribution in [3.63, 3.8) is 0 Å². The molecule has 0 aliphatic carbocycles. The van der Waals surface area contributed by atoms with E-state index in [4.69, 9.17) is 9.47 Å². The van der Waals surface area contributed by atoms with Gasteiger partial charge in [-0.15, -0.1) is 0 Å². The molecule has 0 aromatic heterocycles. The van der Waals surface area contributed by atoms with E-state index in [2.05, 4.69) is 48.2 Å². The van der Waals surface area contributed by atoms with E-state index in [0.717, 1.165) is 47.5 Å². The summed E-state index contributed by atoms with van der Waals surface area (Å²) in [5.74, 6) is 0.847. The number of benzene rings is 4. The largest absolute Gasteiger partial charge is 0.491 e. The fourth-order valence-corrected chi connectivity index (χ4v) is 5.34. The van der Waals surface area contributed by atoms with E-state index < -0.39 is 6.10 Å². The van der Waals surface area contributed by atoms with Crippen molar-refractivity contribution in [2.45, 2.75) is 32.3 Å². The van der Waals surface area contributed by atoms with E-state index in [1.807, 2.05) is 60.7 Å². The van der Waals surface area contributed by atoms with Crippen LogP contribution in [0.25, 0.3) is 11.1 Å². The van der Waals surface area contributed by atoms with Crippen LogP contribution in [0, 0.1) is 0 Å². The van der Waals surface area contributed by atoms with Gasteiger partial charge in [-0.25, -0.2) is 4.79 Å². The fraction of sp³-hybridized carbons (Fsp3) is 0.250. The number of esters is 1. The van der Waals surface area contributed by atoms with Gasteiger partial charge in [-0.05, 0) is 96.6 Å². The number of ether oxygens (including phenoxy) is 2. The monoisotopic (exact) mass is 547 g/mol. The van der Waals surface area contributed by atoms with Crippen LogP contribution in [-0.2, 0) is 0 Å². The van der Waals surface area contributed by atoms with Crippen molar-refractivity contribution in [1.82, 2.24) is 4.90 Å². The second-order valence-electron chi connectivity index (χ2n) is 10.3. The predicted molar refractivity (Wildman–Crippen MR) is 164 cm³/mol. The molecule has 0 spiro atoms. The van der Waals surface area contributed by atoms with Gasteiger partial charge >= 0.3 is 5.97 Å². The summed E-state index contributed by atoms with van der Waals surface area (Å²) in [5, 5.41) is 10.4. The molecule has 1 saturated heterocycles. The van der Waals surface area contributed by atoms with E-state index in [1.165, 1.54) is 18.4 Å². The molecule has 5 heteroatoms. The molecule has 1 atom stereocenters. The third-order valence-corrected chi connectivity index (χ3v) is 7.39. The van der Waals surface area contributed by atoms with Crippen LogP contribution in [0.5, 0.6) is 11.5 Å². The zero-order valence-electron chi connectivity index (χ0n) is 23.5. The maximum Gasteiger partial charge on any atom is 0.343 e. The van der Waals surface area contributed by atoms with Gasteiger partial charge in [0, 0.05) is 6.54 Å². The van der Waals surface area contributed by atoms with Gasteiger partial charge in [0.2, 0.25) is 0 Å². The standard InChI is InChI=1S/C36H37NO4/c1-2-34(27-11-5-3-6-12-27)35(29-17-21-33(22-18-29)41-36(39)30-13-7-4-8-14-30)28-15-19-32(20-16-28)40-26-31(38)25-37-23-9-10-24-37/h3-8,11-22,31,38H,2,9-10,23-26H2,1H3. The first-order valence-corrected chi connectivity index (χ1v) is 14.4. The van der Waals surface area contributed by atoms with Crippen LogP contribution < -0.4 is 9.47 Å². The molecule has 41 heavy (non-hydrogen) atoms. The molecule has 4 aromatic rings. The molecule has 210 valence electrons. The number of β-amino-alcohol motifs (C(OH)–C–C–N with tert-alkyl or cyclic N) is 1. The Balaban J connectivity index is 1.37. The molecule has 1 heterocycles. The number of carbonyl (C=O) groups excluding carboxylic acids is 1. The number of aliphatic hydroxyl groups is 1. The summed E-state index contributed by atoms with van der Waals surface area (Å²) in [7, 11) is 0. The molecule has 0 bridgehead atoms. The van der Waals surface area contributed by atoms with Gasteiger partial charge in [-0.2, -0.15) is 0 Å². The van der Waals surface area contributed by atoms with Gasteiger partial charge in [0.25, 0.3) is 0 Å². The third kappa shape index (κ3) is 7.51. The third-order valence-electron chi connectivity index (χ3n) is 7.39. The average Bonchev–Trinajstić information content (AvgIpc) is 3.53. The van der Waals surface area contributed by atoms with Crippen molar-refractivity contribution in [3.05, 3.63) is 131 Å². The highest BCUT2D eigenvalue weighted by molar-refractivity contribution is 5.98. The Hall–Kier alpha value is -4.19. The Bertz CT molecular complexity index is 1420. The number of carbonyl (C=O) groups is 1. The zero-order chi connectivity index (χ0) is 28.4. The van der Waals surface area contributed by atoms with Crippen LogP contribution >= 0.6 is 0 Å². The van der Waals surface area contributed by atoms with E-state index >= 15 is 0 Å². The smallest absolute Gasteiger partial charge is 0.343 e. The lowest BCUT2D eigenvalue weighted by molar-refractivity contribution is 0.0734. The minimum absolute atomic E-state index is 0.270. The lowest BCUT2D eigenvalue weighted by Crippen LogP contribution is -2.33. The van der Waals surface area contributed by atoms with Crippen LogP contribution in [-0.4, -0.2) is 48.3 Å². The van der Waals surface area contributed by atoms with E-state index in [-0.39, 0.29) is 12.6 Å².